The lowest BCUT2D eigenvalue weighted by atomic mass is 9.93. The third kappa shape index (κ3) is 19.3. The van der Waals surface area contributed by atoms with Crippen LogP contribution in [0, 0.1) is 0 Å². The molecule has 0 aromatic rings. The van der Waals surface area contributed by atoms with Crippen molar-refractivity contribution in [2.45, 2.75) is 311 Å². The van der Waals surface area contributed by atoms with E-state index < -0.39 is 340 Å². The molecule has 0 aliphatic carbocycles. The molecule has 0 radical (unpaired) electrons. The fourth-order valence-electron chi connectivity index (χ4n) is 13.8. The third-order valence-corrected chi connectivity index (χ3v) is 19.9. The van der Waals surface area contributed by atoms with Crippen molar-refractivity contribution < 1.29 is 217 Å². The molecule has 0 saturated carbocycles. The number of amides is 3. The quantitative estimate of drug-likeness (QED) is 0.0382. The average Bonchev–Trinajstić information content (AvgIpc) is 0.775. The van der Waals surface area contributed by atoms with Gasteiger partial charge in [0.05, 0.1) is 58.5 Å². The number of ether oxygens (including phenoxy) is 17. The van der Waals surface area contributed by atoms with Crippen molar-refractivity contribution in [3.05, 3.63) is 0 Å². The van der Waals surface area contributed by atoms with Crippen LogP contribution in [0.15, 0.2) is 0 Å². The third-order valence-electron chi connectivity index (χ3n) is 19.9. The molecule has 0 aromatic carbocycles. The van der Waals surface area contributed by atoms with Gasteiger partial charge in [0, 0.05) is 20.8 Å². The van der Waals surface area contributed by atoms with E-state index in [2.05, 4.69) is 16.0 Å². The summed E-state index contributed by atoms with van der Waals surface area (Å²) in [6.45, 7) is -1.84. The first-order valence-electron chi connectivity index (χ1n) is 34.3. The summed E-state index contributed by atoms with van der Waals surface area (Å²) in [4.78, 5) is 38.5. The number of aliphatic hydroxyl groups is 24. The lowest BCUT2D eigenvalue weighted by Crippen LogP contribution is -2.71. The zero-order valence-electron chi connectivity index (χ0n) is 57.8. The monoisotopic (exact) mass is 1570 g/mol. The fraction of sp³-hybridized carbons (Fsp3) is 0.950. The Morgan fingerprint density at radius 3 is 1.01 bits per heavy atom. The Hall–Kier alpha value is -3.23. The summed E-state index contributed by atoms with van der Waals surface area (Å²) in [5.74, 6) is -2.72. The van der Waals surface area contributed by atoms with E-state index in [1.165, 1.54) is 13.8 Å². The van der Waals surface area contributed by atoms with E-state index in [1.54, 1.807) is 0 Å². The van der Waals surface area contributed by atoms with Crippen molar-refractivity contribution in [1.82, 2.24) is 16.0 Å². The number of rotatable bonds is 26. The number of nitrogens with one attached hydrogen (secondary N) is 3. The lowest BCUT2D eigenvalue weighted by molar-refractivity contribution is -0.400. The van der Waals surface area contributed by atoms with Crippen molar-refractivity contribution >= 4 is 17.7 Å². The van der Waals surface area contributed by atoms with Crippen molar-refractivity contribution in [2.24, 2.45) is 0 Å². The fourth-order valence-corrected chi connectivity index (χ4v) is 13.8. The van der Waals surface area contributed by atoms with E-state index in [1.807, 2.05) is 0 Å². The minimum Gasteiger partial charge on any atom is -0.394 e. The summed E-state index contributed by atoms with van der Waals surface area (Å²) >= 11 is 0. The van der Waals surface area contributed by atoms with Gasteiger partial charge in [-0.15, -0.1) is 0 Å². The van der Waals surface area contributed by atoms with Crippen LogP contribution < -0.4 is 16.0 Å². The predicted molar refractivity (Wildman–Crippen MR) is 329 cm³/mol. The molecular formula is C60H101N3O44. The summed E-state index contributed by atoms with van der Waals surface area (Å²) in [6.07, 6.45) is -83.5. The van der Waals surface area contributed by atoms with E-state index >= 15 is 0 Å². The lowest BCUT2D eigenvalue weighted by Gasteiger charge is -2.51. The number of carbonyl (C=O) groups excluding carboxylic acids is 3. The van der Waals surface area contributed by atoms with Gasteiger partial charge in [0.25, 0.3) is 0 Å². The summed E-state index contributed by atoms with van der Waals surface area (Å²) in [6, 6.07) is -5.63. The number of aliphatic hydroxyl groups excluding tert-OH is 24. The SMILES string of the molecule is CC(=O)N[C@@H]1[C@@H](O)[C@H](O[C@@H]2O[C@H](CO)[C@@H](O[C@@H]3O[C@H](CO[C@H]4O[C@H](CO)[C@@H](O)[C@H](O)[C@@H]4O)[C@@H](O)[C@H](O[C@H]4O[C@H](CO)[C@@H](O)[C@H](O)[C@@H]4O[C@@H]4O[C@H](CO)[C@@H](O[C@@H]5O[C@H](CO)[C@H](O)[C@H](O)[C@H]5O[C@@H]5O[C@@H](C)[C@@H](O)[C@@H](O)[C@@H]5O)[C@H](O)[C@H]4NC(C)=O)[C@@H]3O)[C@H](O)[C@H]2NC(C)=O)[C@@H](CO[C@@H]2O[C@@H](C)[C@@H](O)[C@@H](O)[C@@H]2O)O[C@H]1O. The highest BCUT2D eigenvalue weighted by Crippen LogP contribution is 2.40. The van der Waals surface area contributed by atoms with Gasteiger partial charge in [-0.2, -0.15) is 0 Å². The average molecular weight is 1570 g/mol. The van der Waals surface area contributed by atoms with Gasteiger partial charge in [-0.25, -0.2) is 0 Å². The molecule has 27 N–H and O–H groups in total. The number of carbonyl (C=O) groups is 3. The highest BCUT2D eigenvalue weighted by molar-refractivity contribution is 5.74. The molecule has 9 rings (SSSR count). The van der Waals surface area contributed by atoms with Gasteiger partial charge < -0.3 is 219 Å². The van der Waals surface area contributed by atoms with Crippen LogP contribution in [0.3, 0.4) is 0 Å². The molecule has 0 aromatic heterocycles. The Morgan fingerprint density at radius 2 is 0.561 bits per heavy atom. The van der Waals surface area contributed by atoms with E-state index in [0.717, 1.165) is 20.8 Å². The minimum atomic E-state index is -2.51. The summed E-state index contributed by atoms with van der Waals surface area (Å²) in [7, 11) is 0. The van der Waals surface area contributed by atoms with Crippen LogP contribution >= 0.6 is 0 Å². The van der Waals surface area contributed by atoms with E-state index in [0.29, 0.717) is 0 Å². The maximum Gasteiger partial charge on any atom is 0.217 e. The minimum absolute atomic E-state index is 0.810. The second-order valence-corrected chi connectivity index (χ2v) is 27.4. The van der Waals surface area contributed by atoms with Gasteiger partial charge in [-0.1, -0.05) is 0 Å². The largest absolute Gasteiger partial charge is 0.394 e. The van der Waals surface area contributed by atoms with Crippen molar-refractivity contribution in [3.63, 3.8) is 0 Å². The van der Waals surface area contributed by atoms with Crippen LogP contribution in [-0.2, 0) is 94.9 Å². The number of hydrogen-bond acceptors (Lipinski definition) is 44. The maximum absolute atomic E-state index is 13.1. The van der Waals surface area contributed by atoms with Crippen LogP contribution in [0.1, 0.15) is 34.6 Å². The summed E-state index contributed by atoms with van der Waals surface area (Å²) in [5.41, 5.74) is 0. The molecule has 9 fully saturated rings. The van der Waals surface area contributed by atoms with Crippen LogP contribution in [-0.4, -0.2) is 463 Å². The Bertz CT molecular complexity index is 2810. The molecule has 0 unspecified atom stereocenters. The molecule has 45 atom stereocenters. The molecule has 47 heteroatoms. The smallest absolute Gasteiger partial charge is 0.217 e. The molecule has 107 heavy (non-hydrogen) atoms. The Labute approximate surface area is 606 Å². The molecular weight excluding hydrogens is 1470 g/mol. The number of hydrogen-bond donors (Lipinski definition) is 27. The summed E-state index contributed by atoms with van der Waals surface area (Å²) < 4.78 is 100. The molecule has 47 nitrogen and oxygen atoms in total. The van der Waals surface area contributed by atoms with Gasteiger partial charge in [0.2, 0.25) is 17.7 Å². The highest BCUT2D eigenvalue weighted by atomic mass is 16.8. The van der Waals surface area contributed by atoms with Gasteiger partial charge >= 0.3 is 0 Å². The van der Waals surface area contributed by atoms with Crippen molar-refractivity contribution in [3.8, 4) is 0 Å². The maximum atomic E-state index is 13.1. The molecule has 3 amide bonds. The van der Waals surface area contributed by atoms with Gasteiger partial charge in [0.1, 0.15) is 207 Å². The van der Waals surface area contributed by atoms with Crippen molar-refractivity contribution in [1.29, 1.82) is 0 Å². The van der Waals surface area contributed by atoms with Gasteiger partial charge in [-0.3, -0.25) is 14.4 Å². The molecule has 9 heterocycles. The molecule has 9 saturated heterocycles. The Kier molecular flexibility index (Phi) is 31.0. The Balaban J connectivity index is 1.00. The second-order valence-electron chi connectivity index (χ2n) is 27.4. The van der Waals surface area contributed by atoms with Crippen LogP contribution in [0.25, 0.3) is 0 Å². The molecule has 9 aliphatic heterocycles. The molecule has 620 valence electrons. The Morgan fingerprint density at radius 1 is 0.262 bits per heavy atom. The van der Waals surface area contributed by atoms with Gasteiger partial charge in [-0.05, 0) is 13.8 Å². The van der Waals surface area contributed by atoms with E-state index in [4.69, 9.17) is 80.5 Å². The highest BCUT2D eigenvalue weighted by Gasteiger charge is 2.61. The normalized spacial score (nSPS) is 50.7. The van der Waals surface area contributed by atoms with Gasteiger partial charge in [0.15, 0.2) is 56.6 Å². The predicted octanol–water partition coefficient (Wildman–Crippen LogP) is -18.1. The van der Waals surface area contributed by atoms with Crippen LogP contribution in [0.2, 0.25) is 0 Å². The first kappa shape index (κ1) is 87.7. The topological polar surface area (TPSA) is 730 Å². The molecule has 0 spiro atoms. The van der Waals surface area contributed by atoms with E-state index in [-0.39, 0.29) is 0 Å². The van der Waals surface area contributed by atoms with Crippen LogP contribution in [0.5, 0.6) is 0 Å². The first-order chi connectivity index (χ1) is 50.5. The van der Waals surface area contributed by atoms with E-state index in [9.17, 15) is 137 Å². The van der Waals surface area contributed by atoms with Crippen LogP contribution in [0.4, 0.5) is 0 Å². The summed E-state index contributed by atoms with van der Waals surface area (Å²) in [5, 5.41) is 273. The van der Waals surface area contributed by atoms with Crippen molar-refractivity contribution in [2.75, 3.05) is 46.2 Å². The standard InChI is InChI=1S/C60H101N3O44/c1-13-28(72)37(81)42(86)55(93-13)92-12-24-48(34(78)25(52(90)95-24)61-15(3)69)102-53-26(62-16(4)70)35(79)46(21(9-67)99-53)103-58-45(89)49(33(77)23(101-58)11-91-56-43(87)39(83)30(74)18(6-64)96-56)105-60-50(40(84)31(75)20(8-66)98-60)106-54-27(63-17(5)71)36(80)47(22(10-68)100-54)104-59-51(41(85)32(76)19(7-65)97-59)107-57-44(88)38(82)29(73)14(2)94-57/h13-14,18-60,64-68,72-90H,6-12H2,1-5H3,(H,61,69)(H,62,70)(H,63,71)/t13-,14-,18+,19+,20+,21+,22+,23+,24+,25+,26+,27+,28+,29+,30+,31+,32-,33+,34+,35+,36+,37+,38+,39-,40-,41-,42-,43-,44-,45-,46+,47+,48+,49-,50-,51+,52+,53-,54-,55+,56-,57-,58-,59-,60+/m0/s1. The second kappa shape index (κ2) is 37.8. The zero-order valence-corrected chi connectivity index (χ0v) is 57.8. The molecule has 9 aliphatic rings. The molecule has 0 bridgehead atoms. The zero-order chi connectivity index (χ0) is 78.8. The first-order valence-corrected chi connectivity index (χ1v) is 34.3.